The van der Waals surface area contributed by atoms with Gasteiger partial charge >= 0.3 is 0 Å². The Balaban J connectivity index is 2.03. The molecule has 0 bridgehead atoms. The van der Waals surface area contributed by atoms with Crippen molar-refractivity contribution in [3.05, 3.63) is 83.9 Å². The monoisotopic (exact) mass is 443 g/mol. The van der Waals surface area contributed by atoms with E-state index in [0.29, 0.717) is 22.7 Å². The van der Waals surface area contributed by atoms with Crippen LogP contribution in [-0.2, 0) is 4.79 Å². The lowest BCUT2D eigenvalue weighted by atomic mass is 10.1. The molecule has 1 N–H and O–H groups in total. The van der Waals surface area contributed by atoms with Crippen molar-refractivity contribution in [2.24, 2.45) is 4.99 Å². The second-order valence-electron chi connectivity index (χ2n) is 7.45. The van der Waals surface area contributed by atoms with Crippen molar-refractivity contribution in [3.63, 3.8) is 0 Å². The Kier molecular flexibility index (Phi) is 7.97. The second kappa shape index (κ2) is 11.1. The number of rotatable bonds is 9. The Hall–Kier alpha value is -3.93. The highest BCUT2D eigenvalue weighted by molar-refractivity contribution is 6.70. The van der Waals surface area contributed by atoms with Gasteiger partial charge in [-0.1, -0.05) is 42.5 Å². The van der Waals surface area contributed by atoms with Gasteiger partial charge in [-0.15, -0.1) is 0 Å². The molecular weight excluding hydrogens is 414 g/mol. The Labute approximate surface area is 194 Å². The van der Waals surface area contributed by atoms with Gasteiger partial charge in [0.15, 0.2) is 5.71 Å². The summed E-state index contributed by atoms with van der Waals surface area (Å²) < 4.78 is 5.32. The minimum absolute atomic E-state index is 0.189. The average molecular weight is 444 g/mol. The van der Waals surface area contributed by atoms with Crippen molar-refractivity contribution in [3.8, 4) is 5.75 Å². The second-order valence-corrected chi connectivity index (χ2v) is 7.45. The molecule has 33 heavy (non-hydrogen) atoms. The maximum absolute atomic E-state index is 13.3. The Bertz CT molecular complexity index is 1150. The molecule has 0 aromatic heterocycles. The highest BCUT2D eigenvalue weighted by Gasteiger charge is 2.23. The summed E-state index contributed by atoms with van der Waals surface area (Å²) in [6.45, 7) is 7.90. The van der Waals surface area contributed by atoms with Crippen LogP contribution < -0.4 is 15.0 Å². The van der Waals surface area contributed by atoms with Crippen molar-refractivity contribution in [1.82, 2.24) is 0 Å². The number of anilines is 2. The first-order valence-corrected chi connectivity index (χ1v) is 11.0. The number of benzene rings is 3. The molecule has 0 unspecified atom stereocenters. The van der Waals surface area contributed by atoms with Crippen LogP contribution >= 0.6 is 0 Å². The molecule has 0 spiro atoms. The molecule has 0 fully saturated rings. The number of Topliss-reactive ketones (excluding diaryl/α,β-unsaturated/α-hetero) is 1. The quantitative estimate of drug-likeness (QED) is 0.271. The molecule has 6 nitrogen and oxygen atoms in total. The Morgan fingerprint density at radius 3 is 2.24 bits per heavy atom. The minimum atomic E-state index is -0.597. The third kappa shape index (κ3) is 5.66. The molecule has 3 aromatic carbocycles. The number of carbonyl (C=O) groups excluding carboxylic acids is 2. The van der Waals surface area contributed by atoms with E-state index < -0.39 is 11.7 Å². The topological polar surface area (TPSA) is 71.0 Å². The predicted octanol–water partition coefficient (Wildman–Crippen LogP) is 5.44. The van der Waals surface area contributed by atoms with Gasteiger partial charge in [0.05, 0.1) is 18.5 Å². The van der Waals surface area contributed by atoms with E-state index in [1.54, 1.807) is 48.5 Å². The summed E-state index contributed by atoms with van der Waals surface area (Å²) in [6.07, 6.45) is 0. The van der Waals surface area contributed by atoms with E-state index in [2.05, 4.69) is 29.1 Å². The average Bonchev–Trinajstić information content (AvgIpc) is 2.84. The molecule has 0 aliphatic carbocycles. The zero-order valence-corrected chi connectivity index (χ0v) is 19.5. The lowest BCUT2D eigenvalue weighted by Crippen LogP contribution is -2.30. The van der Waals surface area contributed by atoms with Crippen LogP contribution in [0.15, 0.2) is 77.8 Å². The van der Waals surface area contributed by atoms with Gasteiger partial charge in [0.1, 0.15) is 5.75 Å². The summed E-state index contributed by atoms with van der Waals surface area (Å²) in [5, 5.41) is 2.78. The zero-order valence-electron chi connectivity index (χ0n) is 19.5. The number of aliphatic imine (C=N–C) groups is 1. The van der Waals surface area contributed by atoms with Crippen LogP contribution in [0.1, 0.15) is 29.8 Å². The molecule has 1 amide bonds. The number of hydrogen-bond donors (Lipinski definition) is 1. The normalized spacial score (nSPS) is 11.1. The SMILES string of the molecule is CCN(CC)c1ccc(N=C(C(=O)Nc2ccccc2OC)C(=O)c2ccccc2)c(C)c1. The zero-order chi connectivity index (χ0) is 23.8. The number of ketones is 1. The fourth-order valence-electron chi connectivity index (χ4n) is 3.53. The summed E-state index contributed by atoms with van der Waals surface area (Å²) in [4.78, 5) is 33.3. The van der Waals surface area contributed by atoms with E-state index >= 15 is 0 Å². The molecule has 3 rings (SSSR count). The van der Waals surface area contributed by atoms with E-state index in [9.17, 15) is 9.59 Å². The molecule has 0 saturated heterocycles. The summed E-state index contributed by atoms with van der Waals surface area (Å²) in [6, 6.07) is 21.5. The van der Waals surface area contributed by atoms with E-state index in [1.165, 1.54) is 7.11 Å². The van der Waals surface area contributed by atoms with Crippen LogP contribution in [0.5, 0.6) is 5.75 Å². The van der Waals surface area contributed by atoms with Crippen molar-refractivity contribution in [2.75, 3.05) is 30.4 Å². The maximum Gasteiger partial charge on any atom is 0.278 e. The van der Waals surface area contributed by atoms with E-state index in [-0.39, 0.29) is 5.71 Å². The molecule has 3 aromatic rings. The molecule has 6 heteroatoms. The van der Waals surface area contributed by atoms with Crippen LogP contribution in [0, 0.1) is 6.92 Å². The van der Waals surface area contributed by atoms with Crippen molar-refractivity contribution in [1.29, 1.82) is 0 Å². The third-order valence-electron chi connectivity index (χ3n) is 5.36. The highest BCUT2D eigenvalue weighted by Crippen LogP contribution is 2.27. The molecule has 0 radical (unpaired) electrons. The number of aryl methyl sites for hydroxylation is 1. The standard InChI is InChI=1S/C27H29N3O3/c1-5-30(6-2)21-16-17-22(19(3)18-21)28-25(26(31)20-12-8-7-9-13-20)27(32)29-23-14-10-11-15-24(23)33-4/h7-18H,5-6H2,1-4H3,(H,29,32). The lowest BCUT2D eigenvalue weighted by molar-refractivity contribution is -0.110. The molecule has 0 heterocycles. The molecule has 170 valence electrons. The summed E-state index contributed by atoms with van der Waals surface area (Å²) in [5.41, 5.74) is 3.19. The van der Waals surface area contributed by atoms with Gasteiger partial charge in [0, 0.05) is 24.3 Å². The van der Waals surface area contributed by atoms with Crippen molar-refractivity contribution < 1.29 is 14.3 Å². The predicted molar refractivity (Wildman–Crippen MR) is 134 cm³/mol. The first kappa shape index (κ1) is 23.7. The van der Waals surface area contributed by atoms with Gasteiger partial charge in [0.2, 0.25) is 5.78 Å². The number of para-hydroxylation sites is 2. The molecule has 0 aliphatic rings. The van der Waals surface area contributed by atoms with Gasteiger partial charge in [-0.05, 0) is 56.7 Å². The van der Waals surface area contributed by atoms with E-state index in [1.807, 2.05) is 31.2 Å². The van der Waals surface area contributed by atoms with Crippen molar-refractivity contribution >= 4 is 34.5 Å². The number of ether oxygens (including phenoxy) is 1. The minimum Gasteiger partial charge on any atom is -0.495 e. The summed E-state index contributed by atoms with van der Waals surface area (Å²) >= 11 is 0. The fourth-order valence-corrected chi connectivity index (χ4v) is 3.53. The maximum atomic E-state index is 13.3. The van der Waals surface area contributed by atoms with Crippen molar-refractivity contribution in [2.45, 2.75) is 20.8 Å². The van der Waals surface area contributed by atoms with Gasteiger partial charge in [-0.2, -0.15) is 0 Å². The first-order valence-electron chi connectivity index (χ1n) is 11.0. The fraction of sp³-hybridized carbons (Fsp3) is 0.222. The van der Waals surface area contributed by atoms with Crippen LogP contribution in [0.3, 0.4) is 0 Å². The van der Waals surface area contributed by atoms with E-state index in [0.717, 1.165) is 24.3 Å². The van der Waals surface area contributed by atoms with Gasteiger partial charge in [-0.25, -0.2) is 4.99 Å². The Morgan fingerprint density at radius 1 is 0.939 bits per heavy atom. The number of amides is 1. The number of methoxy groups -OCH3 is 1. The Morgan fingerprint density at radius 2 is 1.61 bits per heavy atom. The number of carbonyl (C=O) groups is 2. The molecule has 0 atom stereocenters. The largest absolute Gasteiger partial charge is 0.495 e. The van der Waals surface area contributed by atoms with Crippen LogP contribution in [-0.4, -0.2) is 37.6 Å². The molecule has 0 aliphatic heterocycles. The highest BCUT2D eigenvalue weighted by atomic mass is 16.5. The van der Waals surface area contributed by atoms with Gasteiger partial charge in [0.25, 0.3) is 5.91 Å². The van der Waals surface area contributed by atoms with Gasteiger partial charge in [-0.3, -0.25) is 9.59 Å². The number of nitrogens with one attached hydrogen (secondary N) is 1. The molecular formula is C27H29N3O3. The molecule has 0 saturated carbocycles. The van der Waals surface area contributed by atoms with Crippen LogP contribution in [0.25, 0.3) is 0 Å². The van der Waals surface area contributed by atoms with Gasteiger partial charge < -0.3 is 15.0 Å². The number of hydrogen-bond acceptors (Lipinski definition) is 5. The first-order chi connectivity index (χ1) is 16.0. The smallest absolute Gasteiger partial charge is 0.278 e. The summed E-state index contributed by atoms with van der Waals surface area (Å²) in [7, 11) is 1.52. The lowest BCUT2D eigenvalue weighted by Gasteiger charge is -2.21. The third-order valence-corrected chi connectivity index (χ3v) is 5.36. The van der Waals surface area contributed by atoms with Crippen LogP contribution in [0.4, 0.5) is 17.1 Å². The van der Waals surface area contributed by atoms with E-state index in [4.69, 9.17) is 4.74 Å². The van der Waals surface area contributed by atoms with Crippen LogP contribution in [0.2, 0.25) is 0 Å². The summed E-state index contributed by atoms with van der Waals surface area (Å²) in [5.74, 6) is -0.548. The number of nitrogens with zero attached hydrogens (tertiary/aromatic N) is 2.